The Labute approximate surface area is 95.2 Å². The minimum absolute atomic E-state index is 0.0262. The number of hydrogen-bond donors (Lipinski definition) is 2. The van der Waals surface area contributed by atoms with E-state index in [9.17, 15) is 4.79 Å². The molecule has 5 heteroatoms. The Balaban J connectivity index is 1.78. The first-order chi connectivity index (χ1) is 7.86. The van der Waals surface area contributed by atoms with Gasteiger partial charge in [0.2, 0.25) is 0 Å². The molecule has 2 rings (SSSR count). The second kappa shape index (κ2) is 5.53. The number of nitrogens with one attached hydrogen (secondary N) is 2. The van der Waals surface area contributed by atoms with Crippen LogP contribution in [0.3, 0.4) is 0 Å². The van der Waals surface area contributed by atoms with Crippen LogP contribution in [-0.4, -0.2) is 34.0 Å². The van der Waals surface area contributed by atoms with Crippen molar-refractivity contribution in [3.63, 3.8) is 0 Å². The van der Waals surface area contributed by atoms with Crippen LogP contribution in [0.2, 0.25) is 0 Å². The van der Waals surface area contributed by atoms with Crippen LogP contribution < -0.4 is 5.32 Å². The molecular weight excluding hydrogens is 204 g/mol. The normalized spacial score (nSPS) is 16.9. The number of aromatic nitrogens is 2. The Morgan fingerprint density at radius 2 is 2.12 bits per heavy atom. The predicted octanol–water partition coefficient (Wildman–Crippen LogP) is 1.50. The van der Waals surface area contributed by atoms with Crippen LogP contribution in [0.25, 0.3) is 0 Å². The van der Waals surface area contributed by atoms with E-state index < -0.39 is 0 Å². The topological polar surface area (TPSA) is 61.0 Å². The molecule has 0 spiro atoms. The van der Waals surface area contributed by atoms with Crippen LogP contribution in [0, 0.1) is 0 Å². The number of rotatable bonds is 2. The van der Waals surface area contributed by atoms with E-state index in [2.05, 4.69) is 15.3 Å². The van der Waals surface area contributed by atoms with Crippen molar-refractivity contribution in [2.24, 2.45) is 0 Å². The maximum atomic E-state index is 11.8. The summed E-state index contributed by atoms with van der Waals surface area (Å²) in [6, 6.07) is 0.0262. The van der Waals surface area contributed by atoms with Gasteiger partial charge in [-0.2, -0.15) is 0 Å². The lowest BCUT2D eigenvalue weighted by Crippen LogP contribution is -2.40. The van der Waals surface area contributed by atoms with Crippen LogP contribution in [0.5, 0.6) is 0 Å². The van der Waals surface area contributed by atoms with Crippen molar-refractivity contribution in [2.45, 2.75) is 32.2 Å². The molecule has 2 heterocycles. The summed E-state index contributed by atoms with van der Waals surface area (Å²) in [4.78, 5) is 20.7. The quantitative estimate of drug-likeness (QED) is 0.796. The Morgan fingerprint density at radius 3 is 2.75 bits per heavy atom. The zero-order valence-electron chi connectivity index (χ0n) is 9.41. The summed E-state index contributed by atoms with van der Waals surface area (Å²) in [5.74, 6) is 0.795. The number of nitrogens with zero attached hydrogens (tertiary/aromatic N) is 2. The Kier molecular flexibility index (Phi) is 3.80. The number of urea groups is 1. The van der Waals surface area contributed by atoms with Gasteiger partial charge in [0.15, 0.2) is 0 Å². The highest BCUT2D eigenvalue weighted by molar-refractivity contribution is 5.74. The standard InChI is InChI=1S/C11H18N4O/c16-11(14-9-10-12-5-6-13-10)15-7-3-1-2-4-8-15/h5-6H,1-4,7-9H2,(H,12,13)(H,14,16). The van der Waals surface area contributed by atoms with Crippen LogP contribution in [-0.2, 0) is 6.54 Å². The SMILES string of the molecule is O=C(NCc1ncc[nH]1)N1CCCCCC1. The molecule has 88 valence electrons. The summed E-state index contributed by atoms with van der Waals surface area (Å²) in [7, 11) is 0. The number of imidazole rings is 1. The average molecular weight is 222 g/mol. The van der Waals surface area contributed by atoms with E-state index in [-0.39, 0.29) is 6.03 Å². The lowest BCUT2D eigenvalue weighted by Gasteiger charge is -2.20. The minimum Gasteiger partial charge on any atom is -0.347 e. The second-order valence-electron chi connectivity index (χ2n) is 4.10. The number of carbonyl (C=O) groups excluding carboxylic acids is 1. The first-order valence-electron chi connectivity index (χ1n) is 5.87. The fraction of sp³-hybridized carbons (Fsp3) is 0.636. The van der Waals surface area contributed by atoms with Gasteiger partial charge >= 0.3 is 6.03 Å². The van der Waals surface area contributed by atoms with Gasteiger partial charge in [0.25, 0.3) is 0 Å². The van der Waals surface area contributed by atoms with Crippen LogP contribution >= 0.6 is 0 Å². The third kappa shape index (κ3) is 2.98. The fourth-order valence-corrected chi connectivity index (χ4v) is 1.94. The number of likely N-dealkylation sites (tertiary alicyclic amines) is 1. The van der Waals surface area contributed by atoms with Crippen molar-refractivity contribution in [3.8, 4) is 0 Å². The lowest BCUT2D eigenvalue weighted by atomic mass is 10.2. The number of amides is 2. The fourth-order valence-electron chi connectivity index (χ4n) is 1.94. The maximum Gasteiger partial charge on any atom is 0.317 e. The largest absolute Gasteiger partial charge is 0.347 e. The van der Waals surface area contributed by atoms with Crippen molar-refractivity contribution in [1.82, 2.24) is 20.2 Å². The Hall–Kier alpha value is -1.52. The van der Waals surface area contributed by atoms with Crippen LogP contribution in [0.4, 0.5) is 4.79 Å². The molecule has 0 saturated carbocycles. The summed E-state index contributed by atoms with van der Waals surface area (Å²) >= 11 is 0. The number of carbonyl (C=O) groups is 1. The van der Waals surface area contributed by atoms with Gasteiger partial charge in [-0.1, -0.05) is 12.8 Å². The molecule has 1 aliphatic rings. The van der Waals surface area contributed by atoms with Crippen molar-refractivity contribution in [1.29, 1.82) is 0 Å². The monoisotopic (exact) mass is 222 g/mol. The number of aromatic amines is 1. The van der Waals surface area contributed by atoms with E-state index in [1.54, 1.807) is 12.4 Å². The van der Waals surface area contributed by atoms with Gasteiger partial charge in [-0.25, -0.2) is 9.78 Å². The van der Waals surface area contributed by atoms with Gasteiger partial charge in [0, 0.05) is 25.5 Å². The van der Waals surface area contributed by atoms with E-state index in [0.29, 0.717) is 6.54 Å². The summed E-state index contributed by atoms with van der Waals surface area (Å²) in [6.07, 6.45) is 8.16. The molecule has 1 aromatic heterocycles. The highest BCUT2D eigenvalue weighted by atomic mass is 16.2. The highest BCUT2D eigenvalue weighted by Gasteiger charge is 2.14. The molecule has 2 N–H and O–H groups in total. The third-order valence-electron chi connectivity index (χ3n) is 2.86. The van der Waals surface area contributed by atoms with Crippen LogP contribution in [0.15, 0.2) is 12.4 Å². The lowest BCUT2D eigenvalue weighted by molar-refractivity contribution is 0.199. The molecule has 1 fully saturated rings. The zero-order chi connectivity index (χ0) is 11.2. The Bertz CT molecular complexity index is 315. The molecule has 1 saturated heterocycles. The number of H-pyrrole nitrogens is 1. The summed E-state index contributed by atoms with van der Waals surface area (Å²) in [5.41, 5.74) is 0. The second-order valence-corrected chi connectivity index (χ2v) is 4.10. The average Bonchev–Trinajstić information content (AvgIpc) is 2.66. The van der Waals surface area contributed by atoms with Gasteiger partial charge in [0.05, 0.1) is 6.54 Å². The van der Waals surface area contributed by atoms with Gasteiger partial charge in [-0.3, -0.25) is 0 Å². The predicted molar refractivity (Wildman–Crippen MR) is 60.9 cm³/mol. The molecule has 2 amide bonds. The van der Waals surface area contributed by atoms with E-state index in [4.69, 9.17) is 0 Å². The van der Waals surface area contributed by atoms with Gasteiger partial charge < -0.3 is 15.2 Å². The van der Waals surface area contributed by atoms with E-state index in [1.165, 1.54) is 12.8 Å². The molecular formula is C11H18N4O. The summed E-state index contributed by atoms with van der Waals surface area (Å²) in [6.45, 7) is 2.23. The molecule has 0 bridgehead atoms. The molecule has 0 radical (unpaired) electrons. The van der Waals surface area contributed by atoms with Crippen molar-refractivity contribution >= 4 is 6.03 Å². The molecule has 0 aliphatic carbocycles. The molecule has 5 nitrogen and oxygen atoms in total. The number of hydrogen-bond acceptors (Lipinski definition) is 2. The van der Waals surface area contributed by atoms with Gasteiger partial charge in [-0.05, 0) is 12.8 Å². The summed E-state index contributed by atoms with van der Waals surface area (Å²) in [5, 5.41) is 2.88. The molecule has 0 unspecified atom stereocenters. The van der Waals surface area contributed by atoms with Gasteiger partial charge in [0.1, 0.15) is 5.82 Å². The highest BCUT2D eigenvalue weighted by Crippen LogP contribution is 2.09. The summed E-state index contributed by atoms with van der Waals surface area (Å²) < 4.78 is 0. The molecule has 0 atom stereocenters. The zero-order valence-corrected chi connectivity index (χ0v) is 9.41. The smallest absolute Gasteiger partial charge is 0.317 e. The van der Waals surface area contributed by atoms with E-state index >= 15 is 0 Å². The maximum absolute atomic E-state index is 11.8. The van der Waals surface area contributed by atoms with Crippen molar-refractivity contribution < 1.29 is 4.79 Å². The van der Waals surface area contributed by atoms with Crippen molar-refractivity contribution in [3.05, 3.63) is 18.2 Å². The van der Waals surface area contributed by atoms with E-state index in [0.717, 1.165) is 31.8 Å². The first-order valence-corrected chi connectivity index (χ1v) is 5.87. The van der Waals surface area contributed by atoms with E-state index in [1.807, 2.05) is 4.90 Å². The Morgan fingerprint density at radius 1 is 1.38 bits per heavy atom. The van der Waals surface area contributed by atoms with Gasteiger partial charge in [-0.15, -0.1) is 0 Å². The molecule has 1 aliphatic heterocycles. The molecule has 16 heavy (non-hydrogen) atoms. The minimum atomic E-state index is 0.0262. The van der Waals surface area contributed by atoms with Crippen molar-refractivity contribution in [2.75, 3.05) is 13.1 Å². The molecule has 0 aromatic carbocycles. The van der Waals surface area contributed by atoms with Crippen LogP contribution in [0.1, 0.15) is 31.5 Å². The molecule has 1 aromatic rings. The third-order valence-corrected chi connectivity index (χ3v) is 2.86. The first kappa shape index (κ1) is 11.0.